The van der Waals surface area contributed by atoms with Gasteiger partial charge in [-0.3, -0.25) is 4.98 Å². The van der Waals surface area contributed by atoms with E-state index in [1.807, 2.05) is 24.3 Å². The number of pyridine rings is 1. The molecule has 5 heteroatoms. The number of furan rings is 1. The van der Waals surface area contributed by atoms with Gasteiger partial charge in [0.25, 0.3) is 0 Å². The molecule has 0 aliphatic carbocycles. The number of aromatic nitrogens is 1. The zero-order valence-corrected chi connectivity index (χ0v) is 11.3. The van der Waals surface area contributed by atoms with Crippen molar-refractivity contribution in [3.63, 3.8) is 0 Å². The number of aromatic carboxylic acids is 1. The third kappa shape index (κ3) is 2.67. The molecule has 2 aromatic heterocycles. The minimum Gasteiger partial charge on any atom is -0.475 e. The normalized spacial score (nSPS) is 10.8. The van der Waals surface area contributed by atoms with Gasteiger partial charge >= 0.3 is 5.97 Å². The van der Waals surface area contributed by atoms with E-state index in [4.69, 9.17) is 9.52 Å². The third-order valence-corrected chi connectivity index (χ3v) is 3.82. The second kappa shape index (κ2) is 5.38. The van der Waals surface area contributed by atoms with Crippen LogP contribution in [0.1, 0.15) is 16.1 Å². The molecule has 0 spiro atoms. The summed E-state index contributed by atoms with van der Waals surface area (Å²) in [6.07, 6.45) is 1.77. The Morgan fingerprint density at radius 1 is 1.25 bits per heavy atom. The average molecular weight is 285 g/mol. The molecular formula is C15H11NO3S. The number of carboxylic acids is 1. The summed E-state index contributed by atoms with van der Waals surface area (Å²) in [5.41, 5.74) is 2.11. The topological polar surface area (TPSA) is 63.3 Å². The fourth-order valence-electron chi connectivity index (χ4n) is 1.88. The van der Waals surface area contributed by atoms with Crippen LogP contribution >= 0.6 is 11.8 Å². The molecule has 4 nitrogen and oxygen atoms in total. The molecule has 100 valence electrons. The number of carbonyl (C=O) groups is 1. The van der Waals surface area contributed by atoms with E-state index in [1.165, 1.54) is 17.8 Å². The number of benzene rings is 1. The van der Waals surface area contributed by atoms with E-state index in [-0.39, 0.29) is 5.76 Å². The number of fused-ring (bicyclic) bond motifs is 1. The largest absolute Gasteiger partial charge is 0.475 e. The molecule has 0 radical (unpaired) electrons. The molecule has 20 heavy (non-hydrogen) atoms. The van der Waals surface area contributed by atoms with Crippen LogP contribution in [0, 0.1) is 0 Å². The maximum absolute atomic E-state index is 10.7. The van der Waals surface area contributed by atoms with E-state index in [9.17, 15) is 4.79 Å². The molecule has 0 aliphatic rings. The Bertz CT molecular complexity index is 766. The fourth-order valence-corrected chi connectivity index (χ4v) is 2.68. The summed E-state index contributed by atoms with van der Waals surface area (Å²) in [4.78, 5) is 15.0. The molecule has 2 heterocycles. The van der Waals surface area contributed by atoms with Crippen molar-refractivity contribution >= 4 is 28.6 Å². The lowest BCUT2D eigenvalue weighted by atomic mass is 10.1. The SMILES string of the molecule is O=C(O)c1ccc(SCc2ccc3ncccc3c2)o1. The maximum atomic E-state index is 10.7. The van der Waals surface area contributed by atoms with Crippen LogP contribution in [0.25, 0.3) is 10.9 Å². The van der Waals surface area contributed by atoms with E-state index in [0.29, 0.717) is 5.09 Å². The Kier molecular flexibility index (Phi) is 3.43. The summed E-state index contributed by atoms with van der Waals surface area (Å²) < 4.78 is 5.21. The van der Waals surface area contributed by atoms with Crippen LogP contribution in [0.4, 0.5) is 0 Å². The first-order valence-corrected chi connectivity index (χ1v) is 7.00. The first-order valence-electron chi connectivity index (χ1n) is 6.02. The highest BCUT2D eigenvalue weighted by Gasteiger charge is 2.09. The van der Waals surface area contributed by atoms with Gasteiger partial charge in [0.1, 0.15) is 0 Å². The second-order valence-electron chi connectivity index (χ2n) is 4.24. The van der Waals surface area contributed by atoms with Gasteiger partial charge in [-0.15, -0.1) is 0 Å². The van der Waals surface area contributed by atoms with Crippen LogP contribution < -0.4 is 0 Å². The number of thioether (sulfide) groups is 1. The summed E-state index contributed by atoms with van der Waals surface area (Å²) >= 11 is 1.47. The predicted octanol–water partition coefficient (Wildman–Crippen LogP) is 3.82. The lowest BCUT2D eigenvalue weighted by Gasteiger charge is -2.02. The third-order valence-electron chi connectivity index (χ3n) is 2.84. The number of hydrogen-bond donors (Lipinski definition) is 1. The zero-order valence-electron chi connectivity index (χ0n) is 10.4. The molecule has 0 aliphatic heterocycles. The van der Waals surface area contributed by atoms with Crippen molar-refractivity contribution < 1.29 is 14.3 Å². The van der Waals surface area contributed by atoms with Gasteiger partial charge in [-0.25, -0.2) is 4.79 Å². The van der Waals surface area contributed by atoms with E-state index in [0.717, 1.165) is 22.2 Å². The number of nitrogens with zero attached hydrogens (tertiary/aromatic N) is 1. The molecule has 3 rings (SSSR count). The van der Waals surface area contributed by atoms with Gasteiger partial charge in [-0.05, 0) is 35.9 Å². The van der Waals surface area contributed by atoms with Gasteiger partial charge in [-0.1, -0.05) is 23.9 Å². The van der Waals surface area contributed by atoms with Gasteiger partial charge in [0.05, 0.1) is 5.52 Å². The predicted molar refractivity (Wildman–Crippen MR) is 77.0 cm³/mol. The van der Waals surface area contributed by atoms with E-state index < -0.39 is 5.97 Å². The Hall–Kier alpha value is -2.27. The van der Waals surface area contributed by atoms with Crippen LogP contribution in [0.15, 0.2) is 58.2 Å². The van der Waals surface area contributed by atoms with E-state index in [2.05, 4.69) is 11.1 Å². The van der Waals surface area contributed by atoms with Crippen molar-refractivity contribution in [2.45, 2.75) is 10.8 Å². The number of rotatable bonds is 4. The quantitative estimate of drug-likeness (QED) is 0.738. The van der Waals surface area contributed by atoms with Crippen LogP contribution in [-0.4, -0.2) is 16.1 Å². The lowest BCUT2D eigenvalue weighted by Crippen LogP contribution is -1.91. The Labute approximate surface area is 119 Å². The van der Waals surface area contributed by atoms with Crippen molar-refractivity contribution in [2.24, 2.45) is 0 Å². The zero-order chi connectivity index (χ0) is 13.9. The standard InChI is InChI=1S/C15H11NO3S/c17-15(18)13-5-6-14(19-13)20-9-10-3-4-12-11(8-10)2-1-7-16-12/h1-8H,9H2,(H,17,18). The molecular weight excluding hydrogens is 274 g/mol. The van der Waals surface area contributed by atoms with Crippen molar-refractivity contribution in [1.29, 1.82) is 0 Å². The summed E-state index contributed by atoms with van der Waals surface area (Å²) in [6, 6.07) is 13.2. The Morgan fingerprint density at radius 3 is 2.95 bits per heavy atom. The monoisotopic (exact) mass is 285 g/mol. The van der Waals surface area contributed by atoms with Crippen molar-refractivity contribution in [2.75, 3.05) is 0 Å². The summed E-state index contributed by atoms with van der Waals surface area (Å²) in [5, 5.41) is 10.5. The highest BCUT2D eigenvalue weighted by Crippen LogP contribution is 2.26. The summed E-state index contributed by atoms with van der Waals surface area (Å²) in [5.74, 6) is -0.360. The summed E-state index contributed by atoms with van der Waals surface area (Å²) in [6.45, 7) is 0. The smallest absolute Gasteiger partial charge is 0.371 e. The highest BCUT2D eigenvalue weighted by molar-refractivity contribution is 7.98. The van der Waals surface area contributed by atoms with Crippen LogP contribution in [0.5, 0.6) is 0 Å². The molecule has 0 saturated heterocycles. The lowest BCUT2D eigenvalue weighted by molar-refractivity contribution is 0.0656. The maximum Gasteiger partial charge on any atom is 0.371 e. The van der Waals surface area contributed by atoms with Gasteiger partial charge in [0, 0.05) is 17.3 Å². The van der Waals surface area contributed by atoms with Crippen molar-refractivity contribution in [1.82, 2.24) is 4.98 Å². The van der Waals surface area contributed by atoms with E-state index in [1.54, 1.807) is 12.3 Å². The number of carboxylic acid groups (broad SMARTS) is 1. The van der Waals surface area contributed by atoms with Crippen LogP contribution in [0.2, 0.25) is 0 Å². The van der Waals surface area contributed by atoms with Gasteiger partial charge in [0.2, 0.25) is 5.76 Å². The van der Waals surface area contributed by atoms with E-state index >= 15 is 0 Å². The Morgan fingerprint density at radius 2 is 2.15 bits per heavy atom. The Balaban J connectivity index is 1.74. The van der Waals surface area contributed by atoms with Gasteiger partial charge in [0.15, 0.2) is 5.09 Å². The molecule has 1 N–H and O–H groups in total. The molecule has 0 saturated carbocycles. The molecule has 0 bridgehead atoms. The van der Waals surface area contributed by atoms with Crippen LogP contribution in [0.3, 0.4) is 0 Å². The first-order chi connectivity index (χ1) is 9.72. The first kappa shape index (κ1) is 12.7. The molecule has 0 unspecified atom stereocenters. The summed E-state index contributed by atoms with van der Waals surface area (Å²) in [7, 11) is 0. The van der Waals surface area contributed by atoms with Crippen LogP contribution in [-0.2, 0) is 5.75 Å². The van der Waals surface area contributed by atoms with Crippen molar-refractivity contribution in [3.05, 3.63) is 60.0 Å². The minimum absolute atomic E-state index is 0.0322. The average Bonchev–Trinajstić information content (AvgIpc) is 2.94. The number of hydrogen-bond acceptors (Lipinski definition) is 4. The molecule has 0 amide bonds. The molecule has 3 aromatic rings. The highest BCUT2D eigenvalue weighted by atomic mass is 32.2. The van der Waals surface area contributed by atoms with Crippen molar-refractivity contribution in [3.8, 4) is 0 Å². The fraction of sp³-hybridized carbons (Fsp3) is 0.0667. The minimum atomic E-state index is -1.05. The van der Waals surface area contributed by atoms with Gasteiger partial charge < -0.3 is 9.52 Å². The van der Waals surface area contributed by atoms with Gasteiger partial charge in [-0.2, -0.15) is 0 Å². The molecule has 0 atom stereocenters. The molecule has 1 aromatic carbocycles. The second-order valence-corrected chi connectivity index (χ2v) is 5.22. The molecule has 0 fully saturated rings.